The number of ether oxygens (including phenoxy) is 1. The van der Waals surface area contributed by atoms with Crippen molar-refractivity contribution in [2.24, 2.45) is 0 Å². The fraction of sp³-hybridized carbons (Fsp3) is 0.500. The predicted octanol–water partition coefficient (Wildman–Crippen LogP) is 4.07. The van der Waals surface area contributed by atoms with E-state index in [1.165, 1.54) is 11.1 Å². The largest absolute Gasteiger partial charge is 0.468 e. The van der Waals surface area contributed by atoms with Crippen LogP contribution < -0.4 is 5.32 Å². The molecule has 1 aromatic rings. The smallest absolute Gasteiger partial charge is 0.261 e. The third kappa shape index (κ3) is 4.00. The lowest BCUT2D eigenvalue weighted by atomic mass is 10.1. The molecule has 0 spiro atoms. The number of aryl methyl sites for hydroxylation is 2. The Labute approximate surface area is 109 Å². The van der Waals surface area contributed by atoms with Gasteiger partial charge in [0.05, 0.1) is 6.10 Å². The lowest BCUT2D eigenvalue weighted by Gasteiger charge is -2.17. The summed E-state index contributed by atoms with van der Waals surface area (Å²) >= 11 is 5.21. The second kappa shape index (κ2) is 6.60. The summed E-state index contributed by atoms with van der Waals surface area (Å²) < 4.78 is 5.58. The number of nitrogens with one attached hydrogen (secondary N) is 1. The van der Waals surface area contributed by atoms with E-state index in [2.05, 4.69) is 44.3 Å². The summed E-state index contributed by atoms with van der Waals surface area (Å²) in [6, 6.07) is 6.26. The van der Waals surface area contributed by atoms with E-state index in [4.69, 9.17) is 17.0 Å². The predicted molar refractivity (Wildman–Crippen MR) is 77.6 cm³/mol. The van der Waals surface area contributed by atoms with Gasteiger partial charge < -0.3 is 10.1 Å². The summed E-state index contributed by atoms with van der Waals surface area (Å²) in [7, 11) is 0. The molecule has 17 heavy (non-hydrogen) atoms. The Balaban J connectivity index is 2.77. The van der Waals surface area contributed by atoms with E-state index in [9.17, 15) is 0 Å². The van der Waals surface area contributed by atoms with Crippen molar-refractivity contribution >= 4 is 23.1 Å². The number of thiocarbonyl (C=S) groups is 1. The molecule has 0 aliphatic carbocycles. The van der Waals surface area contributed by atoms with Crippen molar-refractivity contribution in [3.63, 3.8) is 0 Å². The number of rotatable bonds is 4. The van der Waals surface area contributed by atoms with Gasteiger partial charge in [0.2, 0.25) is 0 Å². The van der Waals surface area contributed by atoms with Crippen molar-refractivity contribution < 1.29 is 4.74 Å². The molecule has 0 fully saturated rings. The molecule has 0 saturated carbocycles. The van der Waals surface area contributed by atoms with Gasteiger partial charge >= 0.3 is 0 Å². The van der Waals surface area contributed by atoms with Crippen molar-refractivity contribution in [1.29, 1.82) is 0 Å². The standard InChI is InChI=1S/C14H21NOS/c1-5-11(4)16-14(17)15-13-10(3)8-7-9-12(13)6-2/h7-9,11H,5-6H2,1-4H3,(H,15,17). The van der Waals surface area contributed by atoms with Crippen molar-refractivity contribution in [2.45, 2.75) is 46.6 Å². The van der Waals surface area contributed by atoms with E-state index in [1.807, 2.05) is 6.92 Å². The number of anilines is 1. The van der Waals surface area contributed by atoms with Gasteiger partial charge in [-0.25, -0.2) is 0 Å². The zero-order valence-electron chi connectivity index (χ0n) is 11.0. The number of hydrogen-bond donors (Lipinski definition) is 1. The fourth-order valence-electron chi connectivity index (χ4n) is 1.60. The Morgan fingerprint density at radius 1 is 1.41 bits per heavy atom. The summed E-state index contributed by atoms with van der Waals surface area (Å²) in [5, 5.41) is 3.67. The van der Waals surface area contributed by atoms with Gasteiger partial charge in [0.25, 0.3) is 5.17 Å². The fourth-order valence-corrected chi connectivity index (χ4v) is 1.87. The molecule has 1 N–H and O–H groups in total. The highest BCUT2D eigenvalue weighted by Gasteiger charge is 2.08. The summed E-state index contributed by atoms with van der Waals surface area (Å²) in [6.45, 7) is 8.32. The van der Waals surface area contributed by atoms with E-state index >= 15 is 0 Å². The summed E-state index contributed by atoms with van der Waals surface area (Å²) in [6.07, 6.45) is 2.09. The Morgan fingerprint density at radius 3 is 2.71 bits per heavy atom. The summed E-state index contributed by atoms with van der Waals surface area (Å²) in [5.41, 5.74) is 3.54. The van der Waals surface area contributed by atoms with E-state index < -0.39 is 0 Å². The second-order valence-electron chi connectivity index (χ2n) is 4.21. The molecule has 0 saturated heterocycles. The lowest BCUT2D eigenvalue weighted by Crippen LogP contribution is -2.20. The molecule has 3 heteroatoms. The summed E-state index contributed by atoms with van der Waals surface area (Å²) in [4.78, 5) is 0. The van der Waals surface area contributed by atoms with Gasteiger partial charge in [0, 0.05) is 5.69 Å². The third-order valence-corrected chi connectivity index (χ3v) is 3.05. The van der Waals surface area contributed by atoms with Crippen LogP contribution in [0.25, 0.3) is 0 Å². The summed E-state index contributed by atoms with van der Waals surface area (Å²) in [5.74, 6) is 0. The van der Waals surface area contributed by atoms with Crippen LogP contribution in [-0.4, -0.2) is 11.3 Å². The minimum Gasteiger partial charge on any atom is -0.468 e. The Bertz CT molecular complexity index is 390. The van der Waals surface area contributed by atoms with Gasteiger partial charge in [0.1, 0.15) is 0 Å². The maximum absolute atomic E-state index is 5.58. The Hall–Kier alpha value is -1.09. The van der Waals surface area contributed by atoms with Crippen LogP contribution in [0.1, 0.15) is 38.3 Å². The number of benzene rings is 1. The molecule has 1 rings (SSSR count). The molecular formula is C14H21NOS. The van der Waals surface area contributed by atoms with E-state index in [0.29, 0.717) is 5.17 Å². The monoisotopic (exact) mass is 251 g/mol. The highest BCUT2D eigenvalue weighted by molar-refractivity contribution is 7.80. The normalized spacial score (nSPS) is 12.0. The molecule has 0 amide bonds. The minimum absolute atomic E-state index is 0.157. The Morgan fingerprint density at radius 2 is 2.12 bits per heavy atom. The molecule has 2 nitrogen and oxygen atoms in total. The molecule has 94 valence electrons. The average Bonchev–Trinajstić information content (AvgIpc) is 2.31. The average molecular weight is 251 g/mol. The molecule has 0 heterocycles. The quantitative estimate of drug-likeness (QED) is 0.815. The maximum Gasteiger partial charge on any atom is 0.261 e. The van der Waals surface area contributed by atoms with Crippen molar-refractivity contribution in [3.8, 4) is 0 Å². The molecule has 1 aromatic carbocycles. The van der Waals surface area contributed by atoms with Gasteiger partial charge in [0.15, 0.2) is 0 Å². The van der Waals surface area contributed by atoms with Crippen molar-refractivity contribution in [3.05, 3.63) is 29.3 Å². The first-order valence-corrected chi connectivity index (χ1v) is 6.55. The van der Waals surface area contributed by atoms with Crippen LogP contribution in [0.4, 0.5) is 5.69 Å². The highest BCUT2D eigenvalue weighted by atomic mass is 32.1. The van der Waals surface area contributed by atoms with Crippen LogP contribution in [-0.2, 0) is 11.2 Å². The lowest BCUT2D eigenvalue weighted by molar-refractivity contribution is 0.209. The van der Waals surface area contributed by atoms with E-state index in [-0.39, 0.29) is 6.10 Å². The first kappa shape index (κ1) is 14.0. The SMILES string of the molecule is CCc1cccc(C)c1NC(=S)OC(C)CC. The second-order valence-corrected chi connectivity index (χ2v) is 4.58. The van der Waals surface area contributed by atoms with Crippen molar-refractivity contribution in [1.82, 2.24) is 0 Å². The maximum atomic E-state index is 5.58. The van der Waals surface area contributed by atoms with Crippen LogP contribution in [0.3, 0.4) is 0 Å². The Kier molecular flexibility index (Phi) is 5.42. The van der Waals surface area contributed by atoms with Gasteiger partial charge in [-0.2, -0.15) is 0 Å². The van der Waals surface area contributed by atoms with Gasteiger partial charge in [-0.05, 0) is 50.0 Å². The molecule has 0 aromatic heterocycles. The highest BCUT2D eigenvalue weighted by Crippen LogP contribution is 2.21. The topological polar surface area (TPSA) is 21.3 Å². The van der Waals surface area contributed by atoms with Gasteiger partial charge in [-0.3, -0.25) is 0 Å². The molecule has 1 unspecified atom stereocenters. The van der Waals surface area contributed by atoms with Crippen LogP contribution in [0.5, 0.6) is 0 Å². The van der Waals surface area contributed by atoms with Gasteiger partial charge in [-0.1, -0.05) is 32.0 Å². The van der Waals surface area contributed by atoms with Crippen molar-refractivity contribution in [2.75, 3.05) is 5.32 Å². The molecular weight excluding hydrogens is 230 g/mol. The van der Waals surface area contributed by atoms with Crippen LogP contribution in [0.15, 0.2) is 18.2 Å². The first-order valence-electron chi connectivity index (χ1n) is 6.14. The first-order chi connectivity index (χ1) is 8.08. The van der Waals surface area contributed by atoms with Crippen LogP contribution in [0, 0.1) is 6.92 Å². The van der Waals surface area contributed by atoms with E-state index in [0.717, 1.165) is 18.5 Å². The third-order valence-electron chi connectivity index (χ3n) is 2.85. The number of para-hydroxylation sites is 1. The minimum atomic E-state index is 0.157. The zero-order chi connectivity index (χ0) is 12.8. The zero-order valence-corrected chi connectivity index (χ0v) is 11.9. The van der Waals surface area contributed by atoms with Gasteiger partial charge in [-0.15, -0.1) is 0 Å². The number of hydrogen-bond acceptors (Lipinski definition) is 2. The molecule has 0 aliphatic rings. The molecule has 1 atom stereocenters. The van der Waals surface area contributed by atoms with Crippen LogP contribution >= 0.6 is 12.2 Å². The molecule has 0 aliphatic heterocycles. The molecule has 0 radical (unpaired) electrons. The molecule has 0 bridgehead atoms. The van der Waals surface area contributed by atoms with E-state index in [1.54, 1.807) is 0 Å². The van der Waals surface area contributed by atoms with Crippen LogP contribution in [0.2, 0.25) is 0 Å².